The molecule has 3 aliphatic rings. The Labute approximate surface area is 220 Å². The number of alkyl halides is 6. The van der Waals surface area contributed by atoms with Gasteiger partial charge in [0.2, 0.25) is 0 Å². The molecule has 39 heavy (non-hydrogen) atoms. The number of carbonyl (C=O) groups excluding carboxylic acids is 1. The van der Waals surface area contributed by atoms with Crippen LogP contribution in [0.2, 0.25) is 0 Å². The molecule has 228 valence electrons. The molecular weight excluding hydrogens is 572 g/mol. The third kappa shape index (κ3) is 11.4. The molecule has 0 aliphatic carbocycles. The largest absolute Gasteiger partial charge is 0.490 e. The first kappa shape index (κ1) is 34.8. The lowest BCUT2D eigenvalue weighted by atomic mass is 9.91. The molecule has 3 rings (SSSR count). The first-order valence-corrected chi connectivity index (χ1v) is 13.4. The Kier molecular flexibility index (Phi) is 12.4. The molecule has 3 aliphatic heterocycles. The summed E-state index contributed by atoms with van der Waals surface area (Å²) < 4.78 is 92.7. The van der Waals surface area contributed by atoms with E-state index >= 15 is 0 Å². The summed E-state index contributed by atoms with van der Waals surface area (Å²) in [4.78, 5) is 40.0. The van der Waals surface area contributed by atoms with Crippen molar-refractivity contribution in [2.24, 2.45) is 0 Å². The minimum absolute atomic E-state index is 0.0257. The first-order valence-electron chi connectivity index (χ1n) is 11.5. The van der Waals surface area contributed by atoms with Crippen molar-refractivity contribution in [3.05, 3.63) is 0 Å². The standard InChI is InChI=1S/C16H29N3O5S.2C2HF3O2/c1-3-25(21,22)9-7-18-12-16(13-18)11-17(2)14(10-23-16)15(20)19-6-4-5-8-24-19;2*3-2(4,5)1(6)7/h14H,3-13H2,1-2H3;2*(H,6,7). The summed E-state index contributed by atoms with van der Waals surface area (Å²) in [7, 11) is -0.988. The molecule has 0 bridgehead atoms. The second kappa shape index (κ2) is 13.9. The maximum absolute atomic E-state index is 12.6. The molecule has 12 nitrogen and oxygen atoms in total. The van der Waals surface area contributed by atoms with Gasteiger partial charge in [-0.05, 0) is 19.9 Å². The van der Waals surface area contributed by atoms with Gasteiger partial charge in [0, 0.05) is 38.5 Å². The summed E-state index contributed by atoms with van der Waals surface area (Å²) >= 11 is 0. The van der Waals surface area contributed by atoms with E-state index in [1.807, 2.05) is 11.9 Å². The van der Waals surface area contributed by atoms with Gasteiger partial charge in [-0.15, -0.1) is 0 Å². The number of likely N-dealkylation sites (tertiary alicyclic amines) is 1. The van der Waals surface area contributed by atoms with Gasteiger partial charge < -0.3 is 14.9 Å². The van der Waals surface area contributed by atoms with Crippen molar-refractivity contribution < 1.29 is 68.9 Å². The highest BCUT2D eigenvalue weighted by Crippen LogP contribution is 2.31. The van der Waals surface area contributed by atoms with Gasteiger partial charge >= 0.3 is 24.3 Å². The summed E-state index contributed by atoms with van der Waals surface area (Å²) in [6.45, 7) is 5.95. The van der Waals surface area contributed by atoms with Crippen molar-refractivity contribution in [3.8, 4) is 0 Å². The van der Waals surface area contributed by atoms with Crippen LogP contribution < -0.4 is 0 Å². The number of amides is 1. The highest BCUT2D eigenvalue weighted by atomic mass is 32.2. The fourth-order valence-electron chi connectivity index (χ4n) is 3.72. The van der Waals surface area contributed by atoms with Gasteiger partial charge in [0.05, 0.1) is 19.0 Å². The van der Waals surface area contributed by atoms with Gasteiger partial charge in [0.15, 0.2) is 9.84 Å². The quantitative estimate of drug-likeness (QED) is 0.426. The lowest BCUT2D eigenvalue weighted by molar-refractivity contribution is -0.223. The van der Waals surface area contributed by atoms with E-state index in [0.717, 1.165) is 25.9 Å². The molecule has 19 heteroatoms. The van der Waals surface area contributed by atoms with Crippen LogP contribution in [0.5, 0.6) is 0 Å². The third-order valence-corrected chi connectivity index (χ3v) is 7.50. The third-order valence-electron chi connectivity index (χ3n) is 5.82. The van der Waals surface area contributed by atoms with Gasteiger partial charge in [-0.1, -0.05) is 6.92 Å². The van der Waals surface area contributed by atoms with Crippen LogP contribution in [0, 0.1) is 0 Å². The molecule has 0 aromatic heterocycles. The van der Waals surface area contributed by atoms with Crippen molar-refractivity contribution in [2.45, 2.75) is 43.8 Å². The van der Waals surface area contributed by atoms with E-state index in [1.165, 1.54) is 5.06 Å². The topological polar surface area (TPSA) is 154 Å². The van der Waals surface area contributed by atoms with Crippen LogP contribution in [-0.2, 0) is 33.8 Å². The maximum Gasteiger partial charge on any atom is 0.490 e. The van der Waals surface area contributed by atoms with E-state index in [1.54, 1.807) is 6.92 Å². The second-order valence-corrected chi connectivity index (χ2v) is 11.4. The Morgan fingerprint density at radius 2 is 1.49 bits per heavy atom. The molecular formula is C20H31F6N3O9S. The molecule has 3 fully saturated rings. The lowest BCUT2D eigenvalue weighted by Gasteiger charge is -2.55. The van der Waals surface area contributed by atoms with Crippen LogP contribution in [0.15, 0.2) is 0 Å². The first-order chi connectivity index (χ1) is 17.7. The number of hydroxylamine groups is 2. The number of rotatable bonds is 5. The van der Waals surface area contributed by atoms with Crippen molar-refractivity contribution in [1.29, 1.82) is 0 Å². The molecule has 3 saturated heterocycles. The molecule has 1 spiro atoms. The van der Waals surface area contributed by atoms with Crippen LogP contribution >= 0.6 is 0 Å². The number of sulfone groups is 1. The fraction of sp³-hybridized carbons (Fsp3) is 0.850. The molecule has 3 heterocycles. The number of ether oxygens (including phenoxy) is 1. The monoisotopic (exact) mass is 603 g/mol. The van der Waals surface area contributed by atoms with E-state index in [2.05, 4.69) is 4.90 Å². The van der Waals surface area contributed by atoms with E-state index in [0.29, 0.717) is 32.8 Å². The fourth-order valence-corrected chi connectivity index (χ4v) is 4.55. The maximum atomic E-state index is 12.6. The molecule has 0 aromatic carbocycles. The summed E-state index contributed by atoms with van der Waals surface area (Å²) in [5.41, 5.74) is -0.274. The predicted molar refractivity (Wildman–Crippen MR) is 120 cm³/mol. The molecule has 0 radical (unpaired) electrons. The van der Waals surface area contributed by atoms with Crippen molar-refractivity contribution in [3.63, 3.8) is 0 Å². The number of carboxylic acids is 2. The number of likely N-dealkylation sites (N-methyl/N-ethyl adjacent to an activating group) is 1. The highest BCUT2D eigenvalue weighted by Gasteiger charge is 2.50. The Bertz CT molecular complexity index is 926. The van der Waals surface area contributed by atoms with E-state index in [9.17, 15) is 39.6 Å². The number of hydrogen-bond acceptors (Lipinski definition) is 9. The molecule has 2 N–H and O–H groups in total. The minimum atomic E-state index is -5.08. The normalized spacial score (nSPS) is 22.1. The van der Waals surface area contributed by atoms with Crippen molar-refractivity contribution in [1.82, 2.24) is 14.9 Å². The van der Waals surface area contributed by atoms with Crippen LogP contribution in [0.25, 0.3) is 0 Å². The Hall–Kier alpha value is -2.22. The SMILES string of the molecule is CCS(=O)(=O)CCN1CC2(C1)CN(C)C(C(=O)N1CCCCO1)CO2.O=C(O)C(F)(F)F.O=C(O)C(F)(F)F. The number of halogens is 6. The number of carboxylic acid groups (broad SMARTS) is 2. The Morgan fingerprint density at radius 3 is 1.87 bits per heavy atom. The van der Waals surface area contributed by atoms with Gasteiger partial charge in [-0.3, -0.25) is 19.4 Å². The van der Waals surface area contributed by atoms with Crippen LogP contribution in [0.4, 0.5) is 26.3 Å². The number of morpholine rings is 1. The molecule has 1 atom stereocenters. The number of nitrogens with zero attached hydrogens (tertiary/aromatic N) is 3. The van der Waals surface area contributed by atoms with Gasteiger partial charge in [-0.2, -0.15) is 26.3 Å². The van der Waals surface area contributed by atoms with Gasteiger partial charge in [0.1, 0.15) is 11.6 Å². The van der Waals surface area contributed by atoms with Crippen LogP contribution in [-0.4, -0.2) is 140 Å². The Balaban J connectivity index is 0.000000449. The summed E-state index contributed by atoms with van der Waals surface area (Å²) in [5.74, 6) is -5.15. The van der Waals surface area contributed by atoms with Crippen molar-refractivity contribution in [2.75, 3.05) is 64.5 Å². The van der Waals surface area contributed by atoms with Crippen LogP contribution in [0.3, 0.4) is 0 Å². The van der Waals surface area contributed by atoms with Gasteiger partial charge in [0.25, 0.3) is 5.91 Å². The zero-order valence-electron chi connectivity index (χ0n) is 21.1. The smallest absolute Gasteiger partial charge is 0.475 e. The predicted octanol–water partition coefficient (Wildman–Crippen LogP) is 0.627. The average Bonchev–Trinajstić information content (AvgIpc) is 2.81. The van der Waals surface area contributed by atoms with E-state index < -0.39 is 34.1 Å². The molecule has 1 unspecified atom stereocenters. The molecule has 1 amide bonds. The van der Waals surface area contributed by atoms with Crippen LogP contribution in [0.1, 0.15) is 19.8 Å². The number of hydrogen-bond donors (Lipinski definition) is 2. The lowest BCUT2D eigenvalue weighted by Crippen LogP contribution is -2.72. The van der Waals surface area contributed by atoms with Crippen molar-refractivity contribution >= 4 is 27.7 Å². The summed E-state index contributed by atoms with van der Waals surface area (Å²) in [6, 6.07) is -0.307. The Morgan fingerprint density at radius 1 is 0.974 bits per heavy atom. The number of aliphatic carboxylic acids is 2. The summed E-state index contributed by atoms with van der Waals surface area (Å²) in [6.07, 6.45) is -8.20. The minimum Gasteiger partial charge on any atom is -0.475 e. The molecule has 0 aromatic rings. The zero-order chi connectivity index (χ0) is 30.2. The zero-order valence-corrected chi connectivity index (χ0v) is 21.9. The highest BCUT2D eigenvalue weighted by molar-refractivity contribution is 7.91. The average molecular weight is 604 g/mol. The second-order valence-electron chi connectivity index (χ2n) is 8.96. The molecule has 0 saturated carbocycles. The number of carbonyl (C=O) groups is 3. The van der Waals surface area contributed by atoms with Gasteiger partial charge in [-0.25, -0.2) is 23.1 Å². The van der Waals surface area contributed by atoms with E-state index in [-0.39, 0.29) is 29.1 Å². The van der Waals surface area contributed by atoms with E-state index in [4.69, 9.17) is 29.4 Å². The summed E-state index contributed by atoms with van der Waals surface area (Å²) in [5, 5.41) is 15.7.